The van der Waals surface area contributed by atoms with Crippen LogP contribution in [0.15, 0.2) is 30.3 Å². The number of hydrogen-bond donors (Lipinski definition) is 1. The minimum absolute atomic E-state index is 0.0942. The molecule has 2 aliphatic rings. The Kier molecular flexibility index (Phi) is 6.03. The maximum Gasteiger partial charge on any atom is 0.227 e. The van der Waals surface area contributed by atoms with E-state index in [1.165, 1.54) is 0 Å². The van der Waals surface area contributed by atoms with Crippen molar-refractivity contribution in [3.63, 3.8) is 0 Å². The molecule has 1 N–H and O–H groups in total. The highest BCUT2D eigenvalue weighted by Crippen LogP contribution is 2.44. The summed E-state index contributed by atoms with van der Waals surface area (Å²) in [7, 11) is 2.09. The Morgan fingerprint density at radius 3 is 2.54 bits per heavy atom. The lowest BCUT2D eigenvalue weighted by Crippen LogP contribution is -2.58. The van der Waals surface area contributed by atoms with Gasteiger partial charge in [-0.3, -0.25) is 4.79 Å². The summed E-state index contributed by atoms with van der Waals surface area (Å²) in [6, 6.07) is 10.2. The second kappa shape index (κ2) is 8.10. The van der Waals surface area contributed by atoms with Gasteiger partial charge in [-0.15, -0.1) is 0 Å². The smallest absolute Gasteiger partial charge is 0.227 e. The lowest BCUT2D eigenvalue weighted by molar-refractivity contribution is -0.155. The van der Waals surface area contributed by atoms with Gasteiger partial charge in [0, 0.05) is 25.0 Å². The zero-order chi connectivity index (χ0) is 18.7. The van der Waals surface area contributed by atoms with Crippen molar-refractivity contribution in [1.29, 1.82) is 0 Å². The first-order chi connectivity index (χ1) is 12.5. The van der Waals surface area contributed by atoms with Crippen molar-refractivity contribution in [2.45, 2.75) is 57.6 Å². The fraction of sp³-hybridized carbons (Fsp3) is 0.682. The number of likely N-dealkylation sites (tertiary alicyclic amines) is 2. The monoisotopic (exact) mass is 358 g/mol. The van der Waals surface area contributed by atoms with E-state index in [9.17, 15) is 9.90 Å². The van der Waals surface area contributed by atoms with Crippen LogP contribution in [-0.4, -0.2) is 53.5 Å². The largest absolute Gasteiger partial charge is 0.385 e. The van der Waals surface area contributed by atoms with Crippen molar-refractivity contribution < 1.29 is 9.90 Å². The maximum absolute atomic E-state index is 13.2. The van der Waals surface area contributed by atoms with Crippen molar-refractivity contribution in [2.24, 2.45) is 11.8 Å². The molecule has 4 atom stereocenters. The van der Waals surface area contributed by atoms with Crippen LogP contribution in [0.5, 0.6) is 0 Å². The van der Waals surface area contributed by atoms with E-state index >= 15 is 0 Å². The van der Waals surface area contributed by atoms with Crippen LogP contribution in [0.2, 0.25) is 0 Å². The van der Waals surface area contributed by atoms with E-state index in [1.54, 1.807) is 0 Å². The molecule has 3 rings (SSSR count). The maximum atomic E-state index is 13.2. The van der Waals surface area contributed by atoms with Crippen LogP contribution in [0.3, 0.4) is 0 Å². The zero-order valence-corrected chi connectivity index (χ0v) is 16.5. The van der Waals surface area contributed by atoms with Crippen LogP contribution in [0, 0.1) is 11.8 Å². The predicted molar refractivity (Wildman–Crippen MR) is 105 cm³/mol. The van der Waals surface area contributed by atoms with E-state index in [2.05, 4.69) is 30.7 Å². The molecule has 0 spiro atoms. The Morgan fingerprint density at radius 2 is 1.96 bits per heavy atom. The van der Waals surface area contributed by atoms with Crippen LogP contribution in [0.1, 0.15) is 51.5 Å². The van der Waals surface area contributed by atoms with E-state index in [0.717, 1.165) is 44.3 Å². The van der Waals surface area contributed by atoms with E-state index in [-0.39, 0.29) is 17.9 Å². The van der Waals surface area contributed by atoms with E-state index < -0.39 is 5.60 Å². The van der Waals surface area contributed by atoms with Gasteiger partial charge in [0.1, 0.15) is 0 Å². The van der Waals surface area contributed by atoms with E-state index in [0.29, 0.717) is 18.9 Å². The molecular formula is C22H34N2O2. The number of rotatable bonds is 5. The summed E-state index contributed by atoms with van der Waals surface area (Å²) in [6.45, 7) is 6.86. The second-order valence-corrected chi connectivity index (χ2v) is 8.19. The van der Waals surface area contributed by atoms with Crippen molar-refractivity contribution in [1.82, 2.24) is 9.80 Å². The summed E-state index contributed by atoms with van der Waals surface area (Å²) in [5, 5.41) is 11.7. The van der Waals surface area contributed by atoms with E-state index in [4.69, 9.17) is 0 Å². The number of benzene rings is 1. The molecule has 2 aliphatic heterocycles. The summed E-state index contributed by atoms with van der Waals surface area (Å²) in [6.07, 6.45) is 4.45. The molecule has 0 aliphatic carbocycles. The first-order valence-corrected chi connectivity index (χ1v) is 10.3. The Balaban J connectivity index is 1.87. The minimum atomic E-state index is -0.832. The molecule has 2 fully saturated rings. The van der Waals surface area contributed by atoms with Gasteiger partial charge in [-0.1, -0.05) is 50.6 Å². The first-order valence-electron chi connectivity index (χ1n) is 10.3. The van der Waals surface area contributed by atoms with Gasteiger partial charge in [-0.05, 0) is 44.8 Å². The minimum Gasteiger partial charge on any atom is -0.385 e. The molecule has 2 heterocycles. The van der Waals surface area contributed by atoms with Crippen molar-refractivity contribution in [3.05, 3.63) is 35.9 Å². The summed E-state index contributed by atoms with van der Waals surface area (Å²) >= 11 is 0. The lowest BCUT2D eigenvalue weighted by atomic mass is 9.69. The van der Waals surface area contributed by atoms with Crippen LogP contribution in [0.25, 0.3) is 0 Å². The van der Waals surface area contributed by atoms with E-state index in [1.807, 2.05) is 30.3 Å². The lowest BCUT2D eigenvalue weighted by Gasteiger charge is -2.51. The Labute approximate surface area is 158 Å². The summed E-state index contributed by atoms with van der Waals surface area (Å²) < 4.78 is 0. The zero-order valence-electron chi connectivity index (χ0n) is 16.5. The molecule has 0 saturated carbocycles. The highest BCUT2D eigenvalue weighted by Gasteiger charge is 2.49. The number of carbonyl (C=O) groups excluding carboxylic acids is 1. The quantitative estimate of drug-likeness (QED) is 0.879. The molecule has 144 valence electrons. The number of amides is 1. The highest BCUT2D eigenvalue weighted by molar-refractivity contribution is 5.80. The fourth-order valence-electron chi connectivity index (χ4n) is 5.15. The Bertz CT molecular complexity index is 605. The Morgan fingerprint density at radius 1 is 1.23 bits per heavy atom. The standard InChI is InChI=1S/C22H34N2O2/c1-4-9-19-20(5-2)24(21(25)17-12-14-23(3)16-17)15-13-22(19,26)18-10-7-6-8-11-18/h6-8,10-11,17,19-20,26H,4-5,9,12-16H2,1-3H3/t17?,19-,20+,22-/m1/s1. The van der Waals surface area contributed by atoms with Crippen LogP contribution in [-0.2, 0) is 10.4 Å². The van der Waals surface area contributed by atoms with Gasteiger partial charge in [0.15, 0.2) is 0 Å². The summed E-state index contributed by atoms with van der Waals surface area (Å²) in [5.41, 5.74) is 0.172. The Hall–Kier alpha value is -1.39. The predicted octanol–water partition coefficient (Wildman–Crippen LogP) is 3.25. The molecule has 26 heavy (non-hydrogen) atoms. The first kappa shape index (κ1) is 19.4. The molecule has 4 heteroatoms. The highest BCUT2D eigenvalue weighted by atomic mass is 16.3. The van der Waals surface area contributed by atoms with Gasteiger partial charge >= 0.3 is 0 Å². The van der Waals surface area contributed by atoms with Gasteiger partial charge in [0.2, 0.25) is 5.91 Å². The summed E-state index contributed by atoms with van der Waals surface area (Å²) in [5.74, 6) is 0.522. The molecule has 0 radical (unpaired) electrons. The topological polar surface area (TPSA) is 43.8 Å². The third kappa shape index (κ3) is 3.54. The van der Waals surface area contributed by atoms with Gasteiger partial charge in [0.25, 0.3) is 0 Å². The molecular weight excluding hydrogens is 324 g/mol. The molecule has 0 aromatic heterocycles. The van der Waals surface area contributed by atoms with Crippen molar-refractivity contribution in [3.8, 4) is 0 Å². The number of aliphatic hydroxyl groups is 1. The fourth-order valence-corrected chi connectivity index (χ4v) is 5.15. The summed E-state index contributed by atoms with van der Waals surface area (Å²) in [4.78, 5) is 17.6. The SMILES string of the molecule is CCC[C@@H]1[C@H](CC)N(C(=O)C2CCN(C)C2)CC[C@@]1(O)c1ccccc1. The number of nitrogens with zero attached hydrogens (tertiary/aromatic N) is 2. The second-order valence-electron chi connectivity index (χ2n) is 8.19. The molecule has 1 amide bonds. The number of piperidine rings is 1. The molecule has 4 nitrogen and oxygen atoms in total. The van der Waals surface area contributed by atoms with Crippen LogP contribution < -0.4 is 0 Å². The van der Waals surface area contributed by atoms with Gasteiger partial charge < -0.3 is 14.9 Å². The number of hydrogen-bond acceptors (Lipinski definition) is 3. The third-order valence-corrected chi connectivity index (χ3v) is 6.53. The van der Waals surface area contributed by atoms with Crippen LogP contribution >= 0.6 is 0 Å². The van der Waals surface area contributed by atoms with Gasteiger partial charge in [-0.25, -0.2) is 0 Å². The van der Waals surface area contributed by atoms with Crippen molar-refractivity contribution in [2.75, 3.05) is 26.7 Å². The molecule has 1 aromatic carbocycles. The average Bonchev–Trinajstić information content (AvgIpc) is 3.10. The molecule has 1 aromatic rings. The molecule has 0 bridgehead atoms. The number of carbonyl (C=O) groups is 1. The molecule has 2 saturated heterocycles. The van der Waals surface area contributed by atoms with Gasteiger partial charge in [0.05, 0.1) is 11.5 Å². The molecule has 1 unspecified atom stereocenters. The average molecular weight is 359 g/mol. The van der Waals surface area contributed by atoms with Crippen LogP contribution in [0.4, 0.5) is 0 Å². The third-order valence-electron chi connectivity index (χ3n) is 6.53. The normalized spacial score (nSPS) is 32.8. The van der Waals surface area contributed by atoms with Crippen molar-refractivity contribution >= 4 is 5.91 Å². The van der Waals surface area contributed by atoms with Gasteiger partial charge in [-0.2, -0.15) is 0 Å².